The predicted molar refractivity (Wildman–Crippen MR) is 29.7 cm³/mol. The van der Waals surface area contributed by atoms with Crippen molar-refractivity contribution >= 4 is 0 Å². The Morgan fingerprint density at radius 1 is 1.71 bits per heavy atom. The van der Waals surface area contributed by atoms with Crippen LogP contribution in [0.1, 0.15) is 6.42 Å². The molecule has 0 aromatic rings. The lowest BCUT2D eigenvalue weighted by Crippen LogP contribution is -1.50. The van der Waals surface area contributed by atoms with Crippen molar-refractivity contribution in [2.75, 3.05) is 0 Å². The van der Waals surface area contributed by atoms with Crippen LogP contribution in [-0.4, -0.2) is 0 Å². The standard InChI is InChI=1S/C5H7NO/c1-2-3-4-5-6-7/h2,4-5H,1,3H2/b5-4+. The summed E-state index contributed by atoms with van der Waals surface area (Å²) in [5, 5.41) is 2.49. The summed E-state index contributed by atoms with van der Waals surface area (Å²) in [5.74, 6) is 0. The molecule has 0 amide bonds. The molecular weight excluding hydrogens is 90.1 g/mol. The molecule has 0 bridgehead atoms. The SMILES string of the molecule is C=CC/C=C/N=O. The van der Waals surface area contributed by atoms with Crippen molar-refractivity contribution in [2.24, 2.45) is 5.18 Å². The molecule has 2 nitrogen and oxygen atoms in total. The molecule has 0 aliphatic rings. The summed E-state index contributed by atoms with van der Waals surface area (Å²) in [4.78, 5) is 9.31. The molecule has 38 valence electrons. The molecule has 0 fully saturated rings. The predicted octanol–water partition coefficient (Wildman–Crippen LogP) is 1.84. The zero-order valence-electron chi connectivity index (χ0n) is 4.00. The fourth-order valence-corrected chi connectivity index (χ4v) is 0.200. The van der Waals surface area contributed by atoms with Crippen LogP contribution >= 0.6 is 0 Å². The van der Waals surface area contributed by atoms with Crippen LogP contribution < -0.4 is 0 Å². The van der Waals surface area contributed by atoms with Crippen LogP contribution in [0.2, 0.25) is 0 Å². The molecule has 0 aliphatic carbocycles. The molecule has 0 aromatic heterocycles. The first-order valence-electron chi connectivity index (χ1n) is 2.00. The van der Waals surface area contributed by atoms with E-state index in [0.717, 1.165) is 0 Å². The normalized spacial score (nSPS) is 9.14. The molecular formula is C5H7NO. The molecule has 0 heterocycles. The van der Waals surface area contributed by atoms with Gasteiger partial charge in [-0.1, -0.05) is 12.2 Å². The van der Waals surface area contributed by atoms with Crippen molar-refractivity contribution in [1.29, 1.82) is 0 Å². The molecule has 2 heteroatoms. The second-order valence-electron chi connectivity index (χ2n) is 1.01. The summed E-state index contributed by atoms with van der Waals surface area (Å²) in [6.45, 7) is 3.44. The molecule has 0 atom stereocenters. The van der Waals surface area contributed by atoms with E-state index in [1.807, 2.05) is 0 Å². The van der Waals surface area contributed by atoms with Gasteiger partial charge in [-0.15, -0.1) is 11.5 Å². The first-order valence-corrected chi connectivity index (χ1v) is 2.00. The van der Waals surface area contributed by atoms with Crippen molar-refractivity contribution in [2.45, 2.75) is 6.42 Å². The van der Waals surface area contributed by atoms with Crippen molar-refractivity contribution in [3.05, 3.63) is 29.8 Å². The van der Waals surface area contributed by atoms with Crippen LogP contribution in [0.5, 0.6) is 0 Å². The summed E-state index contributed by atoms with van der Waals surface area (Å²) < 4.78 is 0. The fourth-order valence-electron chi connectivity index (χ4n) is 0.200. The highest BCUT2D eigenvalue weighted by atomic mass is 16.2. The zero-order chi connectivity index (χ0) is 5.54. The average Bonchev–Trinajstić information content (AvgIpc) is 1.69. The Balaban J connectivity index is 3.08. The van der Waals surface area contributed by atoms with Gasteiger partial charge in [-0.2, -0.15) is 0 Å². The van der Waals surface area contributed by atoms with Gasteiger partial charge < -0.3 is 0 Å². The number of rotatable bonds is 3. The van der Waals surface area contributed by atoms with Crippen molar-refractivity contribution in [3.8, 4) is 0 Å². The van der Waals surface area contributed by atoms with E-state index in [9.17, 15) is 4.91 Å². The summed E-state index contributed by atoms with van der Waals surface area (Å²) in [6.07, 6.45) is 5.26. The average molecular weight is 97.1 g/mol. The van der Waals surface area contributed by atoms with Crippen LogP contribution in [-0.2, 0) is 0 Å². The Labute approximate surface area is 42.5 Å². The topological polar surface area (TPSA) is 29.4 Å². The Kier molecular flexibility index (Phi) is 4.41. The minimum atomic E-state index is 0.714. The number of hydrogen-bond donors (Lipinski definition) is 0. The highest BCUT2D eigenvalue weighted by Crippen LogP contribution is 1.81. The van der Waals surface area contributed by atoms with E-state index in [4.69, 9.17) is 0 Å². The molecule has 0 saturated heterocycles. The molecule has 0 aliphatic heterocycles. The van der Waals surface area contributed by atoms with Gasteiger partial charge in [0.15, 0.2) is 0 Å². The number of allylic oxidation sites excluding steroid dienone is 2. The second-order valence-corrected chi connectivity index (χ2v) is 1.01. The van der Waals surface area contributed by atoms with Gasteiger partial charge >= 0.3 is 0 Å². The maximum atomic E-state index is 9.31. The first-order chi connectivity index (χ1) is 3.41. The van der Waals surface area contributed by atoms with Crippen molar-refractivity contribution < 1.29 is 0 Å². The maximum absolute atomic E-state index is 9.31. The quantitative estimate of drug-likeness (QED) is 0.390. The largest absolute Gasteiger partial charge is 0.145 e. The van der Waals surface area contributed by atoms with Crippen molar-refractivity contribution in [1.82, 2.24) is 0 Å². The van der Waals surface area contributed by atoms with E-state index in [-0.39, 0.29) is 0 Å². The Morgan fingerprint density at radius 3 is 2.86 bits per heavy atom. The zero-order valence-corrected chi connectivity index (χ0v) is 4.00. The third kappa shape index (κ3) is 5.08. The van der Waals surface area contributed by atoms with Crippen LogP contribution in [0.25, 0.3) is 0 Å². The molecule has 0 unspecified atom stereocenters. The molecule has 0 N–H and O–H groups in total. The third-order valence-corrected chi connectivity index (χ3v) is 0.469. The lowest BCUT2D eigenvalue weighted by atomic mass is 10.4. The van der Waals surface area contributed by atoms with Crippen LogP contribution in [0.4, 0.5) is 0 Å². The first kappa shape index (κ1) is 6.08. The van der Waals surface area contributed by atoms with Gasteiger partial charge in [-0.3, -0.25) is 0 Å². The maximum Gasteiger partial charge on any atom is 0.0678 e. The van der Waals surface area contributed by atoms with E-state index >= 15 is 0 Å². The molecule has 0 radical (unpaired) electrons. The number of hydrogen-bond acceptors (Lipinski definition) is 2. The molecule has 0 rings (SSSR count). The molecule has 0 spiro atoms. The van der Waals surface area contributed by atoms with Gasteiger partial charge in [0.1, 0.15) is 0 Å². The highest BCUT2D eigenvalue weighted by Gasteiger charge is 1.62. The lowest BCUT2D eigenvalue weighted by molar-refractivity contribution is 1.36. The van der Waals surface area contributed by atoms with Crippen LogP contribution in [0, 0.1) is 4.91 Å². The van der Waals surface area contributed by atoms with Crippen LogP contribution in [0.3, 0.4) is 0 Å². The molecule has 0 saturated carbocycles. The smallest absolute Gasteiger partial charge is 0.0678 e. The lowest BCUT2D eigenvalue weighted by Gasteiger charge is -1.68. The summed E-state index contributed by atoms with van der Waals surface area (Å²) in [6, 6.07) is 0. The summed E-state index contributed by atoms with van der Waals surface area (Å²) in [7, 11) is 0. The van der Waals surface area contributed by atoms with E-state index in [0.29, 0.717) is 6.42 Å². The fraction of sp³-hybridized carbons (Fsp3) is 0.200. The summed E-state index contributed by atoms with van der Waals surface area (Å²) >= 11 is 0. The van der Waals surface area contributed by atoms with E-state index in [2.05, 4.69) is 11.8 Å². The van der Waals surface area contributed by atoms with Gasteiger partial charge in [0.2, 0.25) is 0 Å². The van der Waals surface area contributed by atoms with E-state index in [1.54, 1.807) is 12.2 Å². The van der Waals surface area contributed by atoms with Gasteiger partial charge in [0.05, 0.1) is 6.20 Å². The van der Waals surface area contributed by atoms with Gasteiger partial charge in [-0.05, 0) is 11.6 Å². The Bertz CT molecular complexity index is 86.1. The third-order valence-electron chi connectivity index (χ3n) is 0.469. The van der Waals surface area contributed by atoms with Crippen molar-refractivity contribution in [3.63, 3.8) is 0 Å². The minimum absolute atomic E-state index is 0.714. The van der Waals surface area contributed by atoms with E-state index in [1.165, 1.54) is 6.20 Å². The number of nitrogens with zero attached hydrogens (tertiary/aromatic N) is 1. The Morgan fingerprint density at radius 2 is 2.43 bits per heavy atom. The van der Waals surface area contributed by atoms with Gasteiger partial charge in [-0.25, -0.2) is 0 Å². The monoisotopic (exact) mass is 97.1 g/mol. The molecule has 7 heavy (non-hydrogen) atoms. The van der Waals surface area contributed by atoms with E-state index < -0.39 is 0 Å². The van der Waals surface area contributed by atoms with Gasteiger partial charge in [0.25, 0.3) is 0 Å². The highest BCUT2D eigenvalue weighted by molar-refractivity contribution is 4.86. The minimum Gasteiger partial charge on any atom is -0.145 e. The Hall–Kier alpha value is -0.920. The number of nitroso groups, excluding NO2 is 1. The molecule has 0 aromatic carbocycles. The van der Waals surface area contributed by atoms with Gasteiger partial charge in [0, 0.05) is 0 Å². The van der Waals surface area contributed by atoms with Crippen LogP contribution in [0.15, 0.2) is 30.1 Å². The summed E-state index contributed by atoms with van der Waals surface area (Å²) in [5.41, 5.74) is 0. The second kappa shape index (κ2) is 5.08.